The third kappa shape index (κ3) is 4.05. The van der Waals surface area contributed by atoms with E-state index in [2.05, 4.69) is 4.42 Å². The van der Waals surface area contributed by atoms with Gasteiger partial charge in [0, 0.05) is 5.39 Å². The first-order chi connectivity index (χ1) is 13.6. The van der Waals surface area contributed by atoms with Crippen molar-refractivity contribution in [3.63, 3.8) is 0 Å². The maximum absolute atomic E-state index is 12.7. The van der Waals surface area contributed by atoms with Crippen LogP contribution in [0.25, 0.3) is 21.9 Å². The van der Waals surface area contributed by atoms with E-state index in [4.69, 9.17) is 5.11 Å². The van der Waals surface area contributed by atoms with Crippen molar-refractivity contribution in [1.29, 1.82) is 0 Å². The van der Waals surface area contributed by atoms with Crippen molar-refractivity contribution in [2.45, 2.75) is 6.18 Å². The number of aromatic hydroxyl groups is 1. The lowest BCUT2D eigenvalue weighted by molar-refractivity contribution is -0.137. The van der Waals surface area contributed by atoms with Crippen LogP contribution in [0.1, 0.15) is 15.9 Å². The fourth-order valence-corrected chi connectivity index (χ4v) is 2.73. The number of halogens is 3. The summed E-state index contributed by atoms with van der Waals surface area (Å²) in [6.07, 6.45) is -4.50. The first-order valence-corrected chi connectivity index (χ1v) is 8.05. The van der Waals surface area contributed by atoms with Crippen LogP contribution in [0.15, 0.2) is 51.7 Å². The first kappa shape index (κ1) is 19.9. The summed E-state index contributed by atoms with van der Waals surface area (Å²) < 4.78 is 42.8. The van der Waals surface area contributed by atoms with Gasteiger partial charge in [-0.15, -0.1) is 0 Å². The summed E-state index contributed by atoms with van der Waals surface area (Å²) >= 11 is 0. The van der Waals surface area contributed by atoms with Crippen molar-refractivity contribution < 1.29 is 37.4 Å². The minimum atomic E-state index is -4.50. The van der Waals surface area contributed by atoms with E-state index < -0.39 is 47.3 Å². The summed E-state index contributed by atoms with van der Waals surface area (Å²) in [5.74, 6) is -3.33. The van der Waals surface area contributed by atoms with Crippen molar-refractivity contribution >= 4 is 22.6 Å². The van der Waals surface area contributed by atoms with Crippen LogP contribution in [0.5, 0.6) is 5.95 Å². The number of carboxylic acids is 1. The highest BCUT2D eigenvalue weighted by Crippen LogP contribution is 2.33. The second-order valence-electron chi connectivity index (χ2n) is 5.98. The Balaban J connectivity index is 2.12. The quantitative estimate of drug-likeness (QED) is 0.612. The van der Waals surface area contributed by atoms with E-state index in [1.165, 1.54) is 30.3 Å². The minimum absolute atomic E-state index is 0.0426. The molecule has 0 atom stereocenters. The predicted octanol–water partition coefficient (Wildman–Crippen LogP) is 3.00. The Labute approximate surface area is 160 Å². The molecule has 3 aromatic rings. The van der Waals surface area contributed by atoms with E-state index >= 15 is 0 Å². The molecule has 1 aromatic heterocycles. The summed E-state index contributed by atoms with van der Waals surface area (Å²) in [5.41, 5.74) is -1.51. The molecule has 1 amide bonds. The van der Waals surface area contributed by atoms with Gasteiger partial charge >= 0.3 is 17.8 Å². The van der Waals surface area contributed by atoms with E-state index in [1.807, 2.05) is 5.32 Å². The molecule has 150 valence electrons. The van der Waals surface area contributed by atoms with E-state index in [1.54, 1.807) is 0 Å². The standard InChI is InChI=1S/C19H12F3NO6/c20-19(21,22)11-4-1-9(2-5-11)10-3-6-12-13(7-10)15(18(28)29-17(12)27)16(26)23-8-14(24)25/h1-7,28H,8H2,(H,23,26)(H,24,25). The smallest absolute Gasteiger partial charge is 0.416 e. The van der Waals surface area contributed by atoms with Crippen LogP contribution in [0, 0.1) is 0 Å². The number of hydrogen-bond donors (Lipinski definition) is 3. The number of carbonyl (C=O) groups is 2. The molecular formula is C19H12F3NO6. The Morgan fingerprint density at radius 1 is 1.00 bits per heavy atom. The number of nitrogens with one attached hydrogen (secondary N) is 1. The summed E-state index contributed by atoms with van der Waals surface area (Å²) in [6, 6.07) is 8.27. The summed E-state index contributed by atoms with van der Waals surface area (Å²) in [4.78, 5) is 34.9. The van der Waals surface area contributed by atoms with Crippen molar-refractivity contribution in [2.75, 3.05) is 6.54 Å². The Kier molecular flexibility index (Phi) is 5.02. The molecule has 7 nitrogen and oxygen atoms in total. The normalized spacial score (nSPS) is 11.4. The molecule has 0 saturated carbocycles. The summed E-state index contributed by atoms with van der Waals surface area (Å²) in [7, 11) is 0. The lowest BCUT2D eigenvalue weighted by atomic mass is 9.98. The van der Waals surface area contributed by atoms with Crippen LogP contribution in [0.2, 0.25) is 0 Å². The molecule has 0 saturated heterocycles. The maximum atomic E-state index is 12.7. The molecule has 1 heterocycles. The van der Waals surface area contributed by atoms with E-state index in [-0.39, 0.29) is 10.8 Å². The van der Waals surface area contributed by atoms with Gasteiger partial charge in [0.1, 0.15) is 12.1 Å². The number of amides is 1. The Hall–Kier alpha value is -3.82. The van der Waals surface area contributed by atoms with Crippen LogP contribution in [0.3, 0.4) is 0 Å². The van der Waals surface area contributed by atoms with Gasteiger partial charge in [-0.2, -0.15) is 13.2 Å². The van der Waals surface area contributed by atoms with Gasteiger partial charge in [0.2, 0.25) is 0 Å². The van der Waals surface area contributed by atoms with Crippen molar-refractivity contribution in [2.24, 2.45) is 0 Å². The number of aliphatic carboxylic acids is 1. The highest BCUT2D eigenvalue weighted by Gasteiger charge is 2.30. The molecule has 0 spiro atoms. The summed E-state index contributed by atoms with van der Waals surface area (Å²) in [5, 5.41) is 20.5. The van der Waals surface area contributed by atoms with Crippen LogP contribution in [-0.2, 0) is 11.0 Å². The van der Waals surface area contributed by atoms with Crippen molar-refractivity contribution in [3.8, 4) is 17.1 Å². The van der Waals surface area contributed by atoms with Crippen LogP contribution in [-0.4, -0.2) is 28.6 Å². The number of rotatable bonds is 4. The zero-order valence-electron chi connectivity index (χ0n) is 14.4. The fourth-order valence-electron chi connectivity index (χ4n) is 2.73. The van der Waals surface area contributed by atoms with E-state index in [0.717, 1.165) is 12.1 Å². The predicted molar refractivity (Wildman–Crippen MR) is 94.6 cm³/mol. The Morgan fingerprint density at radius 3 is 2.21 bits per heavy atom. The fraction of sp³-hybridized carbons (Fsp3) is 0.105. The van der Waals surface area contributed by atoms with E-state index in [0.29, 0.717) is 11.1 Å². The van der Waals surface area contributed by atoms with Gasteiger partial charge in [0.05, 0.1) is 10.9 Å². The number of hydrogen-bond acceptors (Lipinski definition) is 5. The highest BCUT2D eigenvalue weighted by molar-refractivity contribution is 6.09. The van der Waals surface area contributed by atoms with Crippen LogP contribution < -0.4 is 10.9 Å². The molecule has 10 heteroatoms. The minimum Gasteiger partial charge on any atom is -0.480 e. The van der Waals surface area contributed by atoms with Gasteiger partial charge in [-0.3, -0.25) is 9.59 Å². The lowest BCUT2D eigenvalue weighted by Crippen LogP contribution is -2.29. The number of fused-ring (bicyclic) bond motifs is 1. The first-order valence-electron chi connectivity index (χ1n) is 8.05. The third-order valence-electron chi connectivity index (χ3n) is 4.08. The number of carboxylic acid groups (broad SMARTS) is 1. The number of alkyl halides is 3. The molecule has 0 radical (unpaired) electrons. The average molecular weight is 407 g/mol. The Morgan fingerprint density at radius 2 is 1.62 bits per heavy atom. The van der Waals surface area contributed by atoms with Gasteiger partial charge in [0.25, 0.3) is 11.9 Å². The molecule has 0 aliphatic rings. The van der Waals surface area contributed by atoms with Crippen molar-refractivity contribution in [1.82, 2.24) is 5.32 Å². The van der Waals surface area contributed by atoms with Gasteiger partial charge < -0.3 is 19.9 Å². The number of benzene rings is 2. The average Bonchev–Trinajstić information content (AvgIpc) is 2.65. The molecule has 0 bridgehead atoms. The molecule has 3 N–H and O–H groups in total. The largest absolute Gasteiger partial charge is 0.480 e. The second-order valence-corrected chi connectivity index (χ2v) is 5.98. The molecule has 2 aromatic carbocycles. The number of carbonyl (C=O) groups excluding carboxylic acids is 1. The van der Waals surface area contributed by atoms with Gasteiger partial charge in [0.15, 0.2) is 0 Å². The van der Waals surface area contributed by atoms with Gasteiger partial charge in [-0.25, -0.2) is 4.79 Å². The molecule has 3 rings (SSSR count). The molecule has 0 aliphatic carbocycles. The molecule has 0 aliphatic heterocycles. The van der Waals surface area contributed by atoms with Crippen LogP contribution >= 0.6 is 0 Å². The topological polar surface area (TPSA) is 117 Å². The molecule has 0 unspecified atom stereocenters. The third-order valence-corrected chi connectivity index (χ3v) is 4.08. The van der Waals surface area contributed by atoms with Gasteiger partial charge in [-0.1, -0.05) is 18.2 Å². The second kappa shape index (κ2) is 7.30. The summed E-state index contributed by atoms with van der Waals surface area (Å²) in [6.45, 7) is -0.739. The molecular weight excluding hydrogens is 395 g/mol. The zero-order valence-corrected chi connectivity index (χ0v) is 14.4. The lowest BCUT2D eigenvalue weighted by Gasteiger charge is -2.10. The molecule has 29 heavy (non-hydrogen) atoms. The SMILES string of the molecule is O=C(O)CNC(=O)c1c(O)oc(=O)c2ccc(-c3ccc(C(F)(F)F)cc3)cc12. The maximum Gasteiger partial charge on any atom is 0.416 e. The zero-order chi connectivity index (χ0) is 21.3. The Bertz CT molecular complexity index is 1170. The van der Waals surface area contributed by atoms with Crippen LogP contribution in [0.4, 0.5) is 13.2 Å². The monoisotopic (exact) mass is 407 g/mol. The van der Waals surface area contributed by atoms with E-state index in [9.17, 15) is 32.7 Å². The van der Waals surface area contributed by atoms with Gasteiger partial charge in [-0.05, 0) is 35.4 Å². The molecule has 0 fully saturated rings. The highest BCUT2D eigenvalue weighted by atomic mass is 19.4. The van der Waals surface area contributed by atoms with Crippen molar-refractivity contribution in [3.05, 3.63) is 64.0 Å².